The molecular weight excluding hydrogens is 557 g/mol. The van der Waals surface area contributed by atoms with Gasteiger partial charge in [0, 0.05) is 29.9 Å². The third kappa shape index (κ3) is 6.51. The summed E-state index contributed by atoms with van der Waals surface area (Å²) in [4.78, 5) is 5.67. The molecule has 222 valence electrons. The molecule has 3 aromatic rings. The number of fused-ring (bicyclic) bond motifs is 1. The molecule has 1 aliphatic rings. The van der Waals surface area contributed by atoms with E-state index in [1.807, 2.05) is 20.8 Å². The summed E-state index contributed by atoms with van der Waals surface area (Å²) in [5.74, 6) is -3.50. The van der Waals surface area contributed by atoms with Crippen molar-refractivity contribution in [3.8, 4) is 11.5 Å². The highest BCUT2D eigenvalue weighted by Crippen LogP contribution is 2.41. The lowest BCUT2D eigenvalue weighted by molar-refractivity contribution is -0.137. The van der Waals surface area contributed by atoms with Gasteiger partial charge in [-0.05, 0) is 48.5 Å². The molecule has 4 rings (SSSR count). The van der Waals surface area contributed by atoms with Crippen LogP contribution in [-0.2, 0) is 10.8 Å². The Bertz CT molecular complexity index is 1500. The number of halogens is 6. The Hall–Kier alpha value is -3.73. The van der Waals surface area contributed by atoms with Gasteiger partial charge in [-0.3, -0.25) is 0 Å². The first-order valence-electron chi connectivity index (χ1n) is 13.4. The van der Waals surface area contributed by atoms with Crippen LogP contribution in [0.25, 0.3) is 5.70 Å². The average molecular weight is 588 g/mol. The van der Waals surface area contributed by atoms with Crippen molar-refractivity contribution in [2.45, 2.75) is 53.2 Å². The number of rotatable bonds is 9. The Labute approximate surface area is 241 Å². The monoisotopic (exact) mass is 588 g/mol. The molecule has 1 heterocycles. The summed E-state index contributed by atoms with van der Waals surface area (Å²) in [6.07, 6.45) is -2.60. The highest BCUT2D eigenvalue weighted by atomic mass is 19.4. The van der Waals surface area contributed by atoms with E-state index in [2.05, 4.69) is 11.6 Å². The second-order valence-electron chi connectivity index (χ2n) is 11.0. The molecule has 1 aliphatic heterocycles. The molecular formula is C31H31BF6N2O2. The molecule has 0 saturated heterocycles. The largest absolute Gasteiger partial charge is 0.457 e. The normalized spacial score (nSPS) is 14.2. The number of benzene rings is 3. The summed E-state index contributed by atoms with van der Waals surface area (Å²) < 4.78 is 97.3. The van der Waals surface area contributed by atoms with Gasteiger partial charge in [-0.2, -0.15) is 13.2 Å². The van der Waals surface area contributed by atoms with Crippen LogP contribution in [0.1, 0.15) is 56.8 Å². The number of anilines is 1. The fourth-order valence-corrected chi connectivity index (χ4v) is 4.64. The Kier molecular flexibility index (Phi) is 8.82. The average Bonchev–Trinajstić information content (AvgIpc) is 2.91. The number of nitrogens with zero attached hydrogens (tertiary/aromatic N) is 2. The van der Waals surface area contributed by atoms with Crippen molar-refractivity contribution >= 4 is 30.1 Å². The molecule has 0 bridgehead atoms. The maximum Gasteiger partial charge on any atom is 0.419 e. The number of alkyl halides is 3. The summed E-state index contributed by atoms with van der Waals surface area (Å²) in [7, 11) is 0. The van der Waals surface area contributed by atoms with Gasteiger partial charge in [-0.1, -0.05) is 46.3 Å². The molecule has 0 saturated carbocycles. The van der Waals surface area contributed by atoms with Gasteiger partial charge in [-0.25, -0.2) is 18.2 Å². The van der Waals surface area contributed by atoms with Gasteiger partial charge in [0.05, 0.1) is 29.3 Å². The minimum atomic E-state index is -4.73. The molecule has 42 heavy (non-hydrogen) atoms. The third-order valence-electron chi connectivity index (χ3n) is 7.46. The molecule has 0 amide bonds. The highest BCUT2D eigenvalue weighted by molar-refractivity contribution is 6.66. The quantitative estimate of drug-likeness (QED) is 0.185. The summed E-state index contributed by atoms with van der Waals surface area (Å²) >= 11 is 0. The summed E-state index contributed by atoms with van der Waals surface area (Å²) in [6, 6.07) is 8.76. The number of ether oxygens (including phenoxy) is 1. The maximum absolute atomic E-state index is 14.5. The minimum absolute atomic E-state index is 0.0535. The van der Waals surface area contributed by atoms with Crippen molar-refractivity contribution in [1.82, 2.24) is 0 Å². The number of aliphatic imine (C=N–C) groups is 1. The van der Waals surface area contributed by atoms with Gasteiger partial charge in [0.15, 0.2) is 0 Å². The van der Waals surface area contributed by atoms with E-state index >= 15 is 0 Å². The summed E-state index contributed by atoms with van der Waals surface area (Å²) in [5, 5.41) is 0. The minimum Gasteiger partial charge on any atom is -0.457 e. The van der Waals surface area contributed by atoms with Crippen molar-refractivity contribution in [1.29, 1.82) is 0 Å². The molecule has 0 radical (unpaired) electrons. The first-order chi connectivity index (χ1) is 19.6. The van der Waals surface area contributed by atoms with E-state index in [-0.39, 0.29) is 34.5 Å². The van der Waals surface area contributed by atoms with E-state index in [0.717, 1.165) is 6.42 Å². The number of hydrogen-bond acceptors (Lipinski definition) is 4. The van der Waals surface area contributed by atoms with Crippen molar-refractivity contribution < 1.29 is 35.7 Å². The fraction of sp³-hybridized carbons (Fsp3) is 0.323. The summed E-state index contributed by atoms with van der Waals surface area (Å²) in [6.45, 7) is 12.3. The molecule has 11 heteroatoms. The van der Waals surface area contributed by atoms with Crippen LogP contribution in [0.3, 0.4) is 0 Å². The molecule has 3 aromatic carbocycles. The van der Waals surface area contributed by atoms with Crippen LogP contribution in [0.2, 0.25) is 6.82 Å². The standard InChI is InChI=1S/C31H31BF6N2O2/c1-7-30(4,5)16-41-32(6)23-9-8-10-27(29(23)31(36,37)38)42-21-11-12-26-22(15-21)18(2)39-17-40(26)19(3)28-24(34)13-20(33)14-25(28)35/h8-15,17,19H,2,7,16H2,1,3-6H3. The van der Waals surface area contributed by atoms with Gasteiger partial charge in [0.1, 0.15) is 29.0 Å². The summed E-state index contributed by atoms with van der Waals surface area (Å²) in [5.41, 5.74) is -0.484. The van der Waals surface area contributed by atoms with Gasteiger partial charge in [0.25, 0.3) is 0 Å². The van der Waals surface area contributed by atoms with Crippen LogP contribution in [0.5, 0.6) is 11.5 Å². The Morgan fingerprint density at radius 1 is 1.02 bits per heavy atom. The number of hydrogen-bond donors (Lipinski definition) is 0. The van der Waals surface area contributed by atoms with Gasteiger partial charge in [-0.15, -0.1) is 0 Å². The molecule has 0 fully saturated rings. The zero-order valence-electron chi connectivity index (χ0n) is 24.0. The Morgan fingerprint density at radius 2 is 1.69 bits per heavy atom. The van der Waals surface area contributed by atoms with E-state index in [4.69, 9.17) is 9.39 Å². The topological polar surface area (TPSA) is 34.1 Å². The van der Waals surface area contributed by atoms with Crippen LogP contribution >= 0.6 is 0 Å². The molecule has 0 N–H and O–H groups in total. The molecule has 0 spiro atoms. The van der Waals surface area contributed by atoms with Crippen molar-refractivity contribution in [2.75, 3.05) is 11.5 Å². The van der Waals surface area contributed by atoms with Crippen LogP contribution in [0.15, 0.2) is 60.1 Å². The zero-order chi connectivity index (χ0) is 31.0. The second-order valence-corrected chi connectivity index (χ2v) is 11.0. The van der Waals surface area contributed by atoms with Gasteiger partial charge < -0.3 is 14.3 Å². The smallest absolute Gasteiger partial charge is 0.419 e. The van der Waals surface area contributed by atoms with E-state index in [1.165, 1.54) is 54.6 Å². The zero-order valence-corrected chi connectivity index (χ0v) is 24.0. The highest BCUT2D eigenvalue weighted by Gasteiger charge is 2.40. The van der Waals surface area contributed by atoms with Crippen LogP contribution in [-0.4, -0.2) is 19.9 Å². The van der Waals surface area contributed by atoms with Crippen LogP contribution in [0.4, 0.5) is 32.0 Å². The van der Waals surface area contributed by atoms with Crippen LogP contribution in [0, 0.1) is 22.9 Å². The van der Waals surface area contributed by atoms with E-state index < -0.39 is 47.9 Å². The Morgan fingerprint density at radius 3 is 2.31 bits per heavy atom. The first-order valence-corrected chi connectivity index (χ1v) is 13.4. The first kappa shape index (κ1) is 31.2. The Balaban J connectivity index is 1.68. The molecule has 0 aromatic heterocycles. The lowest BCUT2D eigenvalue weighted by Gasteiger charge is -2.32. The predicted molar refractivity (Wildman–Crippen MR) is 154 cm³/mol. The van der Waals surface area contributed by atoms with Gasteiger partial charge in [0.2, 0.25) is 0 Å². The SMILES string of the molecule is C=C1N=CN(C(C)c2c(F)cc(F)cc2F)c2ccc(Oc3cccc(B(C)OCC(C)(C)CC)c3C(F)(F)F)cc21. The van der Waals surface area contributed by atoms with E-state index in [9.17, 15) is 26.3 Å². The van der Waals surface area contributed by atoms with Gasteiger partial charge >= 0.3 is 13.1 Å². The lowest BCUT2D eigenvalue weighted by Crippen LogP contribution is -2.38. The lowest BCUT2D eigenvalue weighted by atomic mass is 9.61. The molecule has 1 unspecified atom stereocenters. The van der Waals surface area contributed by atoms with E-state index in [1.54, 1.807) is 6.82 Å². The second kappa shape index (κ2) is 11.9. The molecule has 0 aliphatic carbocycles. The van der Waals surface area contributed by atoms with Crippen LogP contribution < -0.4 is 15.1 Å². The van der Waals surface area contributed by atoms with Crippen molar-refractivity contribution in [3.63, 3.8) is 0 Å². The van der Waals surface area contributed by atoms with Crippen molar-refractivity contribution in [3.05, 3.63) is 89.3 Å². The fourth-order valence-electron chi connectivity index (χ4n) is 4.64. The third-order valence-corrected chi connectivity index (χ3v) is 7.46. The molecule has 4 nitrogen and oxygen atoms in total. The van der Waals surface area contributed by atoms with Crippen molar-refractivity contribution in [2.24, 2.45) is 10.4 Å². The van der Waals surface area contributed by atoms with E-state index in [0.29, 0.717) is 23.4 Å². The molecule has 1 atom stereocenters. The maximum atomic E-state index is 14.5. The predicted octanol–water partition coefficient (Wildman–Crippen LogP) is 8.78.